The van der Waals surface area contributed by atoms with Crippen LogP contribution in [0, 0.1) is 5.92 Å². The van der Waals surface area contributed by atoms with Crippen molar-refractivity contribution in [2.75, 3.05) is 0 Å². The predicted octanol–water partition coefficient (Wildman–Crippen LogP) is 1.12. The second-order valence-electron chi connectivity index (χ2n) is 6.72. The summed E-state index contributed by atoms with van der Waals surface area (Å²) in [5.41, 5.74) is 0.461. The van der Waals surface area contributed by atoms with E-state index in [4.69, 9.17) is 0 Å². The van der Waals surface area contributed by atoms with Crippen molar-refractivity contribution in [3.8, 4) is 0 Å². The van der Waals surface area contributed by atoms with Gasteiger partial charge in [-0.1, -0.05) is 26.0 Å². The monoisotopic (exact) mass is 381 g/mol. The van der Waals surface area contributed by atoms with Gasteiger partial charge in [-0.25, -0.2) is 13.2 Å². The van der Waals surface area contributed by atoms with Crippen LogP contribution < -0.4 is 10.0 Å². The third-order valence-electron chi connectivity index (χ3n) is 3.83. The van der Waals surface area contributed by atoms with E-state index in [2.05, 4.69) is 15.0 Å². The van der Waals surface area contributed by atoms with Gasteiger partial charge in [0.05, 0.1) is 10.9 Å². The number of amidine groups is 1. The van der Waals surface area contributed by atoms with Gasteiger partial charge in [-0.05, 0) is 31.4 Å². The van der Waals surface area contributed by atoms with Crippen molar-refractivity contribution in [3.05, 3.63) is 29.8 Å². The number of nitrogens with one attached hydrogen (secondary N) is 2. The first-order valence-electron chi connectivity index (χ1n) is 8.32. The molecule has 1 heterocycles. The van der Waals surface area contributed by atoms with Gasteiger partial charge >= 0.3 is 5.97 Å². The third-order valence-corrected chi connectivity index (χ3v) is 5.23. The number of hydrogen-bond donors (Lipinski definition) is 3. The molecule has 1 amide bonds. The Morgan fingerprint density at radius 1 is 1.23 bits per heavy atom. The lowest BCUT2D eigenvalue weighted by atomic mass is 10.0. The lowest BCUT2D eigenvalue weighted by Crippen LogP contribution is -2.42. The van der Waals surface area contributed by atoms with Crippen LogP contribution in [-0.2, 0) is 19.6 Å². The summed E-state index contributed by atoms with van der Waals surface area (Å²) in [4.78, 5) is 27.8. The van der Waals surface area contributed by atoms with Crippen LogP contribution in [-0.4, -0.2) is 43.3 Å². The summed E-state index contributed by atoms with van der Waals surface area (Å²) < 4.78 is 26.5. The summed E-state index contributed by atoms with van der Waals surface area (Å²) in [6, 6.07) is 4.99. The molecule has 0 fully saturated rings. The van der Waals surface area contributed by atoms with Crippen LogP contribution in [0.25, 0.3) is 0 Å². The highest BCUT2D eigenvalue weighted by atomic mass is 32.2. The summed E-state index contributed by atoms with van der Waals surface area (Å²) in [7, 11) is -3.63. The fraction of sp³-hybridized carbons (Fsp3) is 0.471. The molecule has 0 spiro atoms. The van der Waals surface area contributed by atoms with Crippen molar-refractivity contribution in [1.82, 2.24) is 10.0 Å². The van der Waals surface area contributed by atoms with Gasteiger partial charge in [0.15, 0.2) is 0 Å². The Labute approximate surface area is 152 Å². The largest absolute Gasteiger partial charge is 0.480 e. The molecule has 2 atom stereocenters. The van der Waals surface area contributed by atoms with Crippen molar-refractivity contribution in [2.45, 2.75) is 50.6 Å². The highest BCUT2D eigenvalue weighted by Gasteiger charge is 2.30. The number of carboxylic acids is 1. The van der Waals surface area contributed by atoms with Crippen LogP contribution in [0.2, 0.25) is 0 Å². The Balaban J connectivity index is 2.07. The fourth-order valence-corrected chi connectivity index (χ4v) is 3.95. The zero-order valence-electron chi connectivity index (χ0n) is 14.9. The second kappa shape index (κ2) is 7.86. The van der Waals surface area contributed by atoms with Gasteiger partial charge in [0.2, 0.25) is 5.91 Å². The molecule has 0 aliphatic carbocycles. The van der Waals surface area contributed by atoms with Crippen molar-refractivity contribution in [3.63, 3.8) is 0 Å². The van der Waals surface area contributed by atoms with E-state index in [1.807, 2.05) is 13.8 Å². The summed E-state index contributed by atoms with van der Waals surface area (Å²) >= 11 is 0. The molecule has 0 saturated carbocycles. The SMILES string of the molecule is CC(C)C[C@H](NC(=O)CC(C)N=C1NS(=O)(=O)c2ccccc21)C(=O)O. The van der Waals surface area contributed by atoms with E-state index in [9.17, 15) is 23.1 Å². The highest BCUT2D eigenvalue weighted by molar-refractivity contribution is 7.90. The van der Waals surface area contributed by atoms with Gasteiger partial charge in [0.1, 0.15) is 11.9 Å². The van der Waals surface area contributed by atoms with E-state index in [1.54, 1.807) is 25.1 Å². The molecule has 1 unspecified atom stereocenters. The zero-order chi connectivity index (χ0) is 19.5. The van der Waals surface area contributed by atoms with Crippen molar-refractivity contribution in [1.29, 1.82) is 0 Å². The number of aliphatic imine (C=N–C) groups is 1. The van der Waals surface area contributed by atoms with Crippen molar-refractivity contribution in [2.24, 2.45) is 10.9 Å². The quantitative estimate of drug-likeness (QED) is 0.653. The lowest BCUT2D eigenvalue weighted by molar-refractivity contribution is -0.142. The number of nitrogens with zero attached hydrogens (tertiary/aromatic N) is 1. The molecule has 26 heavy (non-hydrogen) atoms. The molecule has 142 valence electrons. The molecule has 2 rings (SSSR count). The van der Waals surface area contributed by atoms with Gasteiger partial charge in [0.25, 0.3) is 10.0 Å². The minimum absolute atomic E-state index is 0.0464. The summed E-state index contributed by atoms with van der Waals surface area (Å²) in [6.07, 6.45) is 0.284. The van der Waals surface area contributed by atoms with Gasteiger partial charge < -0.3 is 10.4 Å². The molecule has 0 aromatic heterocycles. The zero-order valence-corrected chi connectivity index (χ0v) is 15.7. The minimum atomic E-state index is -3.63. The first-order chi connectivity index (χ1) is 12.1. The van der Waals surface area contributed by atoms with Crippen LogP contribution in [0.4, 0.5) is 0 Å². The maximum Gasteiger partial charge on any atom is 0.326 e. The predicted molar refractivity (Wildman–Crippen MR) is 96.4 cm³/mol. The lowest BCUT2D eigenvalue weighted by Gasteiger charge is -2.17. The first-order valence-corrected chi connectivity index (χ1v) is 9.80. The van der Waals surface area contributed by atoms with Crippen LogP contribution in [0.15, 0.2) is 34.2 Å². The second-order valence-corrected chi connectivity index (χ2v) is 8.37. The molecular formula is C17H23N3O5S. The standard InChI is InChI=1S/C17H23N3O5S/c1-10(2)8-13(17(22)23)19-15(21)9-11(3)18-16-12-6-4-5-7-14(12)26(24,25)20-16/h4-7,10-11,13H,8-9H2,1-3H3,(H,18,20)(H,19,21)(H,22,23)/t11?,13-/m0/s1. The number of sulfonamides is 1. The van der Waals surface area contributed by atoms with E-state index in [1.165, 1.54) is 6.07 Å². The average molecular weight is 381 g/mol. The van der Waals surface area contributed by atoms with E-state index in [0.29, 0.717) is 12.0 Å². The Hall–Kier alpha value is -2.42. The van der Waals surface area contributed by atoms with Crippen molar-refractivity contribution < 1.29 is 23.1 Å². The normalized spacial score (nSPS) is 18.8. The number of carboxylic acid groups (broad SMARTS) is 1. The number of carbonyl (C=O) groups is 2. The molecule has 0 radical (unpaired) electrons. The van der Waals surface area contributed by atoms with Crippen LogP contribution in [0.5, 0.6) is 0 Å². The highest BCUT2D eigenvalue weighted by Crippen LogP contribution is 2.22. The van der Waals surface area contributed by atoms with Gasteiger partial charge in [-0.2, -0.15) is 0 Å². The fourth-order valence-electron chi connectivity index (χ4n) is 2.71. The van der Waals surface area contributed by atoms with E-state index < -0.39 is 34.0 Å². The van der Waals surface area contributed by atoms with Crippen LogP contribution in [0.1, 0.15) is 39.2 Å². The Morgan fingerprint density at radius 2 is 1.88 bits per heavy atom. The Morgan fingerprint density at radius 3 is 2.50 bits per heavy atom. The molecule has 3 N–H and O–H groups in total. The topological polar surface area (TPSA) is 125 Å². The number of rotatable bonds is 7. The Bertz CT molecular complexity index is 833. The minimum Gasteiger partial charge on any atom is -0.480 e. The number of hydrogen-bond acceptors (Lipinski definition) is 5. The summed E-state index contributed by atoms with van der Waals surface area (Å²) in [5.74, 6) is -1.20. The molecule has 1 aliphatic heterocycles. The molecule has 0 bridgehead atoms. The molecule has 1 aliphatic rings. The maximum atomic E-state index is 12.1. The van der Waals surface area contributed by atoms with Gasteiger partial charge in [0, 0.05) is 12.0 Å². The molecule has 1 aromatic carbocycles. The first kappa shape index (κ1) is 19.9. The number of aliphatic carboxylic acids is 1. The van der Waals surface area contributed by atoms with Crippen LogP contribution in [0.3, 0.4) is 0 Å². The van der Waals surface area contributed by atoms with Crippen molar-refractivity contribution >= 4 is 27.7 Å². The maximum absolute atomic E-state index is 12.1. The number of carbonyl (C=O) groups excluding carboxylic acids is 1. The number of fused-ring (bicyclic) bond motifs is 1. The van der Waals surface area contributed by atoms with Gasteiger partial charge in [-0.15, -0.1) is 0 Å². The molecular weight excluding hydrogens is 358 g/mol. The summed E-state index contributed by atoms with van der Waals surface area (Å²) in [6.45, 7) is 5.42. The smallest absolute Gasteiger partial charge is 0.326 e. The molecule has 8 nitrogen and oxygen atoms in total. The van der Waals surface area contributed by atoms with E-state index in [-0.39, 0.29) is 23.1 Å². The molecule has 0 saturated heterocycles. The number of benzene rings is 1. The van der Waals surface area contributed by atoms with Gasteiger partial charge in [-0.3, -0.25) is 14.5 Å². The third kappa shape index (κ3) is 4.81. The van der Waals surface area contributed by atoms with E-state index in [0.717, 1.165) is 0 Å². The average Bonchev–Trinajstić information content (AvgIpc) is 2.77. The van der Waals surface area contributed by atoms with Crippen LogP contribution >= 0.6 is 0 Å². The molecule has 9 heteroatoms. The Kier molecular flexibility index (Phi) is 6.01. The van der Waals surface area contributed by atoms with E-state index >= 15 is 0 Å². The molecule has 1 aromatic rings. The number of amides is 1. The summed E-state index contributed by atoms with van der Waals surface area (Å²) in [5, 5.41) is 11.7.